The molecule has 0 aliphatic heterocycles. The van der Waals surface area contributed by atoms with Gasteiger partial charge < -0.3 is 10.1 Å². The van der Waals surface area contributed by atoms with Gasteiger partial charge in [-0.25, -0.2) is 4.98 Å². The van der Waals surface area contributed by atoms with Crippen molar-refractivity contribution in [2.24, 2.45) is 0 Å². The number of rotatable bonds is 4. The Hall–Kier alpha value is -2.36. The Kier molecular flexibility index (Phi) is 5.04. The van der Waals surface area contributed by atoms with E-state index in [1.165, 1.54) is 5.56 Å². The van der Waals surface area contributed by atoms with Crippen LogP contribution in [0.4, 0.5) is 5.82 Å². The lowest BCUT2D eigenvalue weighted by atomic mass is 9.87. The van der Waals surface area contributed by atoms with E-state index in [0.29, 0.717) is 11.6 Å². The highest BCUT2D eigenvalue weighted by Crippen LogP contribution is 2.24. The first-order valence-corrected chi connectivity index (χ1v) is 7.76. The second-order valence-corrected chi connectivity index (χ2v) is 6.74. The first kappa shape index (κ1) is 17.0. The zero-order valence-electron chi connectivity index (χ0n) is 14.4. The maximum atomic E-state index is 12.2. The van der Waals surface area contributed by atoms with Gasteiger partial charge in [-0.15, -0.1) is 0 Å². The maximum absolute atomic E-state index is 12.2. The minimum Gasteiger partial charge on any atom is -0.481 e. The van der Waals surface area contributed by atoms with E-state index in [-0.39, 0.29) is 11.3 Å². The summed E-state index contributed by atoms with van der Waals surface area (Å²) in [6.07, 6.45) is 1.12. The molecule has 0 saturated heterocycles. The van der Waals surface area contributed by atoms with E-state index in [1.807, 2.05) is 37.3 Å². The molecule has 1 heterocycles. The molecule has 4 heteroatoms. The van der Waals surface area contributed by atoms with Crippen LogP contribution in [0.2, 0.25) is 0 Å². The molecule has 2 rings (SSSR count). The minimum atomic E-state index is -0.599. The second-order valence-electron chi connectivity index (χ2n) is 6.74. The summed E-state index contributed by atoms with van der Waals surface area (Å²) in [6.45, 7) is 10.2. The highest BCUT2D eigenvalue weighted by molar-refractivity contribution is 5.93. The molecular weight excluding hydrogens is 288 g/mol. The van der Waals surface area contributed by atoms with Gasteiger partial charge in [0.1, 0.15) is 11.6 Å². The summed E-state index contributed by atoms with van der Waals surface area (Å²) >= 11 is 0. The molecule has 1 N–H and O–H groups in total. The molecule has 1 atom stereocenters. The summed E-state index contributed by atoms with van der Waals surface area (Å²) in [4.78, 5) is 16.3. The van der Waals surface area contributed by atoms with Crippen LogP contribution in [0.3, 0.4) is 0 Å². The number of hydrogen-bond acceptors (Lipinski definition) is 3. The van der Waals surface area contributed by atoms with Gasteiger partial charge in [-0.05, 0) is 48.6 Å². The van der Waals surface area contributed by atoms with Crippen molar-refractivity contribution in [3.63, 3.8) is 0 Å². The molecule has 122 valence electrons. The first-order valence-electron chi connectivity index (χ1n) is 7.76. The topological polar surface area (TPSA) is 51.2 Å². The van der Waals surface area contributed by atoms with Gasteiger partial charge in [0, 0.05) is 6.20 Å². The van der Waals surface area contributed by atoms with E-state index in [2.05, 4.69) is 31.1 Å². The van der Waals surface area contributed by atoms with Crippen LogP contribution in [-0.4, -0.2) is 17.0 Å². The van der Waals surface area contributed by atoms with Gasteiger partial charge in [0.05, 0.1) is 0 Å². The van der Waals surface area contributed by atoms with Crippen LogP contribution in [0.15, 0.2) is 42.6 Å². The predicted molar refractivity (Wildman–Crippen MR) is 92.8 cm³/mol. The standard InChI is InChI=1S/C19H24N2O2/c1-13-6-11-17(20-12-13)21-18(22)14(2)23-16-9-7-15(8-10-16)19(3,4)5/h6-12,14H,1-5H3,(H,20,21,22). The molecular formula is C19H24N2O2. The SMILES string of the molecule is Cc1ccc(NC(=O)C(C)Oc2ccc(C(C)(C)C)cc2)nc1. The molecule has 0 aliphatic rings. The Balaban J connectivity index is 1.96. The van der Waals surface area contributed by atoms with Crippen LogP contribution < -0.4 is 10.1 Å². The molecule has 4 nitrogen and oxygen atoms in total. The molecule has 23 heavy (non-hydrogen) atoms. The molecule has 0 spiro atoms. The number of carbonyl (C=O) groups excluding carboxylic acids is 1. The number of benzene rings is 1. The first-order chi connectivity index (χ1) is 10.8. The Morgan fingerprint density at radius 2 is 1.78 bits per heavy atom. The summed E-state index contributed by atoms with van der Waals surface area (Å²) < 4.78 is 5.70. The normalized spacial score (nSPS) is 12.6. The van der Waals surface area contributed by atoms with E-state index in [0.717, 1.165) is 5.56 Å². The summed E-state index contributed by atoms with van der Waals surface area (Å²) in [7, 11) is 0. The minimum absolute atomic E-state index is 0.0959. The lowest BCUT2D eigenvalue weighted by Crippen LogP contribution is -2.30. The number of pyridine rings is 1. The van der Waals surface area contributed by atoms with Crippen LogP contribution in [0.25, 0.3) is 0 Å². The highest BCUT2D eigenvalue weighted by Gasteiger charge is 2.17. The Morgan fingerprint density at radius 3 is 2.30 bits per heavy atom. The summed E-state index contributed by atoms with van der Waals surface area (Å²) in [6, 6.07) is 11.5. The molecule has 1 aromatic carbocycles. The smallest absolute Gasteiger partial charge is 0.266 e. The molecule has 2 aromatic rings. The van der Waals surface area contributed by atoms with Crippen molar-refractivity contribution < 1.29 is 9.53 Å². The van der Waals surface area contributed by atoms with Gasteiger partial charge in [-0.1, -0.05) is 39.0 Å². The fourth-order valence-electron chi connectivity index (χ4n) is 2.06. The average Bonchev–Trinajstić information content (AvgIpc) is 2.49. The van der Waals surface area contributed by atoms with E-state index in [4.69, 9.17) is 4.74 Å². The zero-order valence-corrected chi connectivity index (χ0v) is 14.4. The number of amides is 1. The van der Waals surface area contributed by atoms with Crippen LogP contribution in [0.5, 0.6) is 5.75 Å². The van der Waals surface area contributed by atoms with Gasteiger partial charge in [-0.2, -0.15) is 0 Å². The van der Waals surface area contributed by atoms with Gasteiger partial charge in [0.2, 0.25) is 0 Å². The predicted octanol–water partition coefficient (Wildman–Crippen LogP) is 4.09. The molecule has 0 radical (unpaired) electrons. The third kappa shape index (κ3) is 4.81. The number of nitrogens with one attached hydrogen (secondary N) is 1. The average molecular weight is 312 g/mol. The van der Waals surface area contributed by atoms with Crippen molar-refractivity contribution in [3.8, 4) is 5.75 Å². The number of nitrogens with zero attached hydrogens (tertiary/aromatic N) is 1. The number of ether oxygens (including phenoxy) is 1. The number of aromatic nitrogens is 1. The maximum Gasteiger partial charge on any atom is 0.266 e. The molecule has 1 aromatic heterocycles. The van der Waals surface area contributed by atoms with Crippen molar-refractivity contribution in [1.29, 1.82) is 0 Å². The largest absolute Gasteiger partial charge is 0.481 e. The Labute approximate surface area is 137 Å². The fraction of sp³-hybridized carbons (Fsp3) is 0.368. The number of carbonyl (C=O) groups is 1. The van der Waals surface area contributed by atoms with Crippen LogP contribution in [0, 0.1) is 6.92 Å². The quantitative estimate of drug-likeness (QED) is 0.925. The third-order valence-electron chi connectivity index (χ3n) is 3.57. The van der Waals surface area contributed by atoms with E-state index in [9.17, 15) is 4.79 Å². The van der Waals surface area contributed by atoms with Gasteiger partial charge in [0.25, 0.3) is 5.91 Å². The van der Waals surface area contributed by atoms with Crippen LogP contribution >= 0.6 is 0 Å². The van der Waals surface area contributed by atoms with Crippen molar-refractivity contribution in [2.75, 3.05) is 5.32 Å². The molecule has 0 aliphatic carbocycles. The number of anilines is 1. The summed E-state index contributed by atoms with van der Waals surface area (Å²) in [5, 5.41) is 2.75. The lowest BCUT2D eigenvalue weighted by molar-refractivity contribution is -0.122. The van der Waals surface area contributed by atoms with E-state index < -0.39 is 6.10 Å². The third-order valence-corrected chi connectivity index (χ3v) is 3.57. The van der Waals surface area contributed by atoms with Gasteiger partial charge >= 0.3 is 0 Å². The van der Waals surface area contributed by atoms with Crippen molar-refractivity contribution >= 4 is 11.7 Å². The summed E-state index contributed by atoms with van der Waals surface area (Å²) in [5.41, 5.74) is 2.37. The Bertz CT molecular complexity index is 655. The molecule has 1 unspecified atom stereocenters. The fourth-order valence-corrected chi connectivity index (χ4v) is 2.06. The molecule has 0 bridgehead atoms. The molecule has 0 fully saturated rings. The lowest BCUT2D eigenvalue weighted by Gasteiger charge is -2.20. The summed E-state index contributed by atoms with van der Waals surface area (Å²) in [5.74, 6) is 0.984. The molecule has 0 saturated carbocycles. The van der Waals surface area contributed by atoms with E-state index in [1.54, 1.807) is 19.2 Å². The van der Waals surface area contributed by atoms with Gasteiger partial charge in [-0.3, -0.25) is 4.79 Å². The molecule has 1 amide bonds. The number of aryl methyl sites for hydroxylation is 1. The van der Waals surface area contributed by atoms with Gasteiger partial charge in [0.15, 0.2) is 6.10 Å². The van der Waals surface area contributed by atoms with Crippen molar-refractivity contribution in [2.45, 2.75) is 46.1 Å². The number of hydrogen-bond donors (Lipinski definition) is 1. The second kappa shape index (κ2) is 6.82. The highest BCUT2D eigenvalue weighted by atomic mass is 16.5. The Morgan fingerprint density at radius 1 is 1.13 bits per heavy atom. The van der Waals surface area contributed by atoms with E-state index >= 15 is 0 Å². The van der Waals surface area contributed by atoms with Crippen LogP contribution in [0.1, 0.15) is 38.8 Å². The van der Waals surface area contributed by atoms with Crippen LogP contribution in [-0.2, 0) is 10.2 Å². The zero-order chi connectivity index (χ0) is 17.0. The monoisotopic (exact) mass is 312 g/mol. The van der Waals surface area contributed by atoms with Crippen molar-refractivity contribution in [3.05, 3.63) is 53.7 Å². The van der Waals surface area contributed by atoms with Crippen molar-refractivity contribution in [1.82, 2.24) is 4.98 Å².